The van der Waals surface area contributed by atoms with Crippen LogP contribution in [0.15, 0.2) is 0 Å². The van der Waals surface area contributed by atoms with E-state index in [2.05, 4.69) is 20.8 Å². The molecular formula is C11H20BrNO2. The average molecular weight is 278 g/mol. The Balaban J connectivity index is 1.85. The minimum absolute atomic E-state index is 0.370. The fourth-order valence-corrected chi connectivity index (χ4v) is 3.38. The highest BCUT2D eigenvalue weighted by Crippen LogP contribution is 2.35. The third kappa shape index (κ3) is 2.73. The summed E-state index contributed by atoms with van der Waals surface area (Å²) in [7, 11) is 0. The van der Waals surface area contributed by atoms with Gasteiger partial charge in [0.25, 0.3) is 0 Å². The van der Waals surface area contributed by atoms with Gasteiger partial charge in [0.1, 0.15) is 0 Å². The van der Waals surface area contributed by atoms with Gasteiger partial charge in [-0.15, -0.1) is 0 Å². The van der Waals surface area contributed by atoms with E-state index < -0.39 is 5.60 Å². The number of rotatable bonds is 3. The molecule has 4 heteroatoms. The van der Waals surface area contributed by atoms with E-state index in [-0.39, 0.29) is 0 Å². The lowest BCUT2D eigenvalue weighted by Gasteiger charge is -2.49. The monoisotopic (exact) mass is 277 g/mol. The average Bonchev–Trinajstić information content (AvgIpc) is 2.16. The number of hydrogen-bond acceptors (Lipinski definition) is 3. The SMILES string of the molecule is CC1(O)CN(CC2(CBr)CCOCC2)C1. The van der Waals surface area contributed by atoms with Crippen molar-refractivity contribution < 1.29 is 9.84 Å². The fourth-order valence-electron chi connectivity index (χ4n) is 2.64. The number of alkyl halides is 1. The largest absolute Gasteiger partial charge is 0.388 e. The molecule has 15 heavy (non-hydrogen) atoms. The lowest BCUT2D eigenvalue weighted by molar-refractivity contribution is -0.105. The molecule has 0 aromatic rings. The molecule has 0 aromatic carbocycles. The Morgan fingerprint density at radius 2 is 1.93 bits per heavy atom. The van der Waals surface area contributed by atoms with Gasteiger partial charge in [-0.1, -0.05) is 15.9 Å². The summed E-state index contributed by atoms with van der Waals surface area (Å²) >= 11 is 3.63. The summed E-state index contributed by atoms with van der Waals surface area (Å²) in [5, 5.41) is 10.7. The van der Waals surface area contributed by atoms with Gasteiger partial charge in [0.2, 0.25) is 0 Å². The third-order valence-corrected chi connectivity index (χ3v) is 4.71. The summed E-state index contributed by atoms with van der Waals surface area (Å²) < 4.78 is 5.41. The zero-order valence-corrected chi connectivity index (χ0v) is 10.9. The number of likely N-dealkylation sites (tertiary alicyclic amines) is 1. The predicted octanol–water partition coefficient (Wildman–Crippen LogP) is 1.24. The number of nitrogens with zero attached hydrogens (tertiary/aromatic N) is 1. The van der Waals surface area contributed by atoms with Crippen molar-refractivity contribution in [3.8, 4) is 0 Å². The van der Waals surface area contributed by atoms with Crippen LogP contribution < -0.4 is 0 Å². The van der Waals surface area contributed by atoms with Crippen molar-refractivity contribution in [2.24, 2.45) is 5.41 Å². The molecule has 0 aromatic heterocycles. The van der Waals surface area contributed by atoms with Crippen molar-refractivity contribution in [1.82, 2.24) is 4.90 Å². The molecule has 0 aliphatic carbocycles. The molecule has 0 bridgehead atoms. The van der Waals surface area contributed by atoms with Crippen LogP contribution in [0.3, 0.4) is 0 Å². The van der Waals surface area contributed by atoms with Gasteiger partial charge in [0.15, 0.2) is 0 Å². The van der Waals surface area contributed by atoms with Crippen LogP contribution in [-0.4, -0.2) is 53.8 Å². The molecule has 0 saturated carbocycles. The summed E-state index contributed by atoms with van der Waals surface area (Å²) in [6.07, 6.45) is 2.27. The van der Waals surface area contributed by atoms with Gasteiger partial charge in [-0.25, -0.2) is 0 Å². The molecule has 2 saturated heterocycles. The van der Waals surface area contributed by atoms with Crippen molar-refractivity contribution in [2.75, 3.05) is 38.2 Å². The maximum absolute atomic E-state index is 9.69. The highest BCUT2D eigenvalue weighted by Gasteiger charge is 2.41. The summed E-state index contributed by atoms with van der Waals surface area (Å²) in [4.78, 5) is 2.35. The summed E-state index contributed by atoms with van der Waals surface area (Å²) in [6.45, 7) is 6.42. The van der Waals surface area contributed by atoms with E-state index in [9.17, 15) is 5.11 Å². The first-order chi connectivity index (χ1) is 7.05. The first-order valence-corrected chi connectivity index (χ1v) is 6.76. The number of ether oxygens (including phenoxy) is 1. The molecule has 88 valence electrons. The predicted molar refractivity (Wildman–Crippen MR) is 63.3 cm³/mol. The van der Waals surface area contributed by atoms with Crippen LogP contribution in [0.1, 0.15) is 19.8 Å². The van der Waals surface area contributed by atoms with Gasteiger partial charge in [0.05, 0.1) is 5.60 Å². The maximum Gasteiger partial charge on any atom is 0.0872 e. The fraction of sp³-hybridized carbons (Fsp3) is 1.00. The topological polar surface area (TPSA) is 32.7 Å². The van der Waals surface area contributed by atoms with E-state index >= 15 is 0 Å². The smallest absolute Gasteiger partial charge is 0.0872 e. The molecule has 0 radical (unpaired) electrons. The van der Waals surface area contributed by atoms with Crippen LogP contribution in [-0.2, 0) is 4.74 Å². The van der Waals surface area contributed by atoms with Gasteiger partial charge in [-0.05, 0) is 25.2 Å². The Kier molecular flexibility index (Phi) is 3.41. The first kappa shape index (κ1) is 11.8. The van der Waals surface area contributed by atoms with Crippen molar-refractivity contribution in [3.05, 3.63) is 0 Å². The molecule has 0 amide bonds. The highest BCUT2D eigenvalue weighted by molar-refractivity contribution is 9.09. The molecule has 2 fully saturated rings. The summed E-state index contributed by atoms with van der Waals surface area (Å²) in [5.74, 6) is 0. The van der Waals surface area contributed by atoms with E-state index in [0.29, 0.717) is 5.41 Å². The van der Waals surface area contributed by atoms with Crippen LogP contribution in [0, 0.1) is 5.41 Å². The summed E-state index contributed by atoms with van der Waals surface area (Å²) in [6, 6.07) is 0. The van der Waals surface area contributed by atoms with Crippen molar-refractivity contribution in [3.63, 3.8) is 0 Å². The van der Waals surface area contributed by atoms with Crippen LogP contribution in [0.4, 0.5) is 0 Å². The van der Waals surface area contributed by atoms with Crippen molar-refractivity contribution in [1.29, 1.82) is 0 Å². The highest BCUT2D eigenvalue weighted by atomic mass is 79.9. The number of aliphatic hydroxyl groups is 1. The van der Waals surface area contributed by atoms with E-state index in [1.165, 1.54) is 0 Å². The second-order valence-electron chi connectivity index (χ2n) is 5.39. The Hall–Kier alpha value is 0.360. The Labute approximate surface area is 99.9 Å². The lowest BCUT2D eigenvalue weighted by atomic mass is 9.80. The minimum Gasteiger partial charge on any atom is -0.388 e. The molecule has 0 unspecified atom stereocenters. The van der Waals surface area contributed by atoms with E-state index in [1.807, 2.05) is 6.92 Å². The first-order valence-electron chi connectivity index (χ1n) is 5.64. The van der Waals surface area contributed by atoms with E-state index in [0.717, 1.165) is 51.0 Å². The Morgan fingerprint density at radius 1 is 1.33 bits per heavy atom. The standard InChI is InChI=1S/C11H20BrNO2/c1-10(14)7-13(8-10)9-11(6-12)2-4-15-5-3-11/h14H,2-9H2,1H3. The second kappa shape index (κ2) is 4.32. The van der Waals surface area contributed by atoms with Gasteiger partial charge < -0.3 is 9.84 Å². The molecular weight excluding hydrogens is 258 g/mol. The third-order valence-electron chi connectivity index (χ3n) is 3.52. The molecule has 2 aliphatic rings. The lowest BCUT2D eigenvalue weighted by Crippen LogP contribution is -2.62. The zero-order chi connectivity index (χ0) is 10.9. The second-order valence-corrected chi connectivity index (χ2v) is 5.95. The van der Waals surface area contributed by atoms with E-state index in [1.54, 1.807) is 0 Å². The molecule has 0 spiro atoms. The number of β-amino-alcohol motifs (C(OH)–C–C–N with tert-alkyl or cyclic N) is 1. The van der Waals surface area contributed by atoms with Crippen molar-refractivity contribution in [2.45, 2.75) is 25.4 Å². The molecule has 3 nitrogen and oxygen atoms in total. The Bertz CT molecular complexity index is 219. The van der Waals surface area contributed by atoms with Crippen LogP contribution in [0.5, 0.6) is 0 Å². The van der Waals surface area contributed by atoms with Crippen LogP contribution >= 0.6 is 15.9 Å². The molecule has 0 atom stereocenters. The molecule has 2 aliphatic heterocycles. The number of hydrogen-bond donors (Lipinski definition) is 1. The van der Waals surface area contributed by atoms with Gasteiger partial charge >= 0.3 is 0 Å². The van der Waals surface area contributed by atoms with Crippen LogP contribution in [0.25, 0.3) is 0 Å². The van der Waals surface area contributed by atoms with Gasteiger partial charge in [0, 0.05) is 38.2 Å². The van der Waals surface area contributed by atoms with Crippen molar-refractivity contribution >= 4 is 15.9 Å². The zero-order valence-electron chi connectivity index (χ0n) is 9.34. The Morgan fingerprint density at radius 3 is 2.40 bits per heavy atom. The maximum atomic E-state index is 9.69. The van der Waals surface area contributed by atoms with E-state index in [4.69, 9.17) is 4.74 Å². The minimum atomic E-state index is -0.446. The molecule has 2 rings (SSSR count). The van der Waals surface area contributed by atoms with Gasteiger partial charge in [-0.3, -0.25) is 4.90 Å². The molecule has 2 heterocycles. The number of halogens is 1. The normalized spacial score (nSPS) is 29.8. The van der Waals surface area contributed by atoms with Gasteiger partial charge in [-0.2, -0.15) is 0 Å². The molecule has 1 N–H and O–H groups in total. The quantitative estimate of drug-likeness (QED) is 0.789. The summed E-state index contributed by atoms with van der Waals surface area (Å²) in [5.41, 5.74) is -0.0760. The van der Waals surface area contributed by atoms with Crippen LogP contribution in [0.2, 0.25) is 0 Å².